The van der Waals surface area contributed by atoms with Crippen LogP contribution in [0.2, 0.25) is 0 Å². The SMILES string of the molecule is Nc1csc(NN=Cc2cc(S(=O)(=O)[O-])ccc2S(=O)(=O)[O-])n1. The molecule has 0 radical (unpaired) electrons. The van der Waals surface area contributed by atoms with Crippen LogP contribution < -0.4 is 11.2 Å². The summed E-state index contributed by atoms with van der Waals surface area (Å²) in [5.74, 6) is 0.245. The number of benzene rings is 1. The van der Waals surface area contributed by atoms with E-state index in [1.54, 1.807) is 0 Å². The molecule has 0 bridgehead atoms. The predicted octanol–water partition coefficient (Wildman–Crippen LogP) is -0.0205. The van der Waals surface area contributed by atoms with Gasteiger partial charge in [-0.15, -0.1) is 11.3 Å². The summed E-state index contributed by atoms with van der Waals surface area (Å²) in [5.41, 5.74) is 7.47. The molecule has 1 aromatic carbocycles. The molecule has 10 nitrogen and oxygen atoms in total. The Kier molecular flexibility index (Phi) is 4.67. The molecule has 0 aliphatic heterocycles. The van der Waals surface area contributed by atoms with Crippen LogP contribution in [0.5, 0.6) is 0 Å². The van der Waals surface area contributed by atoms with E-state index in [9.17, 15) is 25.9 Å². The molecule has 0 aliphatic rings. The number of hydrogen-bond acceptors (Lipinski definition) is 11. The number of nitrogens with one attached hydrogen (secondary N) is 1. The van der Waals surface area contributed by atoms with E-state index in [4.69, 9.17) is 5.73 Å². The fourth-order valence-electron chi connectivity index (χ4n) is 1.51. The van der Waals surface area contributed by atoms with Crippen molar-refractivity contribution in [2.45, 2.75) is 9.79 Å². The zero-order valence-corrected chi connectivity index (χ0v) is 13.5. The highest BCUT2D eigenvalue weighted by molar-refractivity contribution is 7.86. The van der Waals surface area contributed by atoms with E-state index in [2.05, 4.69) is 15.5 Å². The number of rotatable bonds is 5. The summed E-state index contributed by atoms with van der Waals surface area (Å²) in [7, 11) is -9.70. The molecule has 0 spiro atoms. The third kappa shape index (κ3) is 4.46. The summed E-state index contributed by atoms with van der Waals surface area (Å²) >= 11 is 1.12. The Morgan fingerprint density at radius 2 is 1.91 bits per heavy atom. The molecule has 0 saturated heterocycles. The van der Waals surface area contributed by atoms with Crippen LogP contribution in [0.25, 0.3) is 0 Å². The second-order valence-electron chi connectivity index (χ2n) is 4.06. The smallest absolute Gasteiger partial charge is 0.205 e. The fraction of sp³-hybridized carbons (Fsp3) is 0. The van der Waals surface area contributed by atoms with Crippen LogP contribution in [0.15, 0.2) is 38.5 Å². The van der Waals surface area contributed by atoms with Gasteiger partial charge in [0.15, 0.2) is 0 Å². The molecule has 0 fully saturated rings. The monoisotopic (exact) mass is 376 g/mol. The van der Waals surface area contributed by atoms with Crippen molar-refractivity contribution in [3.8, 4) is 0 Å². The van der Waals surface area contributed by atoms with Crippen LogP contribution in [0.1, 0.15) is 5.56 Å². The van der Waals surface area contributed by atoms with Crippen LogP contribution in [0.4, 0.5) is 10.9 Å². The Hall–Kier alpha value is -2.06. The van der Waals surface area contributed by atoms with Gasteiger partial charge in [0.1, 0.15) is 26.1 Å². The minimum absolute atomic E-state index is 0.245. The standard InChI is InChI=1S/C10H10N4O6S3/c11-9-5-21-10(13-9)14-12-4-6-3-7(22(15,16)17)1-2-8(6)23(18,19)20/h1-5H,11H2,(H,13,14)(H,15,16,17)(H,18,19,20)/p-2. The predicted molar refractivity (Wildman–Crippen MR) is 80.1 cm³/mol. The van der Waals surface area contributed by atoms with Crippen LogP contribution in [-0.4, -0.2) is 37.1 Å². The third-order valence-corrected chi connectivity index (χ3v) is 4.93. The number of aromatic nitrogens is 1. The number of nitrogens with two attached hydrogens (primary N) is 1. The molecule has 0 aliphatic carbocycles. The van der Waals surface area contributed by atoms with Crippen LogP contribution in [-0.2, 0) is 20.2 Å². The highest BCUT2D eigenvalue weighted by atomic mass is 32.2. The zero-order chi connectivity index (χ0) is 17.3. The number of thiazole rings is 1. The highest BCUT2D eigenvalue weighted by Gasteiger charge is 2.11. The Balaban J connectivity index is 2.41. The number of nitrogens with zero attached hydrogens (tertiary/aromatic N) is 2. The normalized spacial score (nSPS) is 12.6. The van der Waals surface area contributed by atoms with Crippen LogP contribution >= 0.6 is 11.3 Å². The maximum absolute atomic E-state index is 11.2. The summed E-state index contributed by atoms with van der Waals surface area (Å²) in [5, 5.41) is 5.45. The molecule has 2 aromatic rings. The van der Waals surface area contributed by atoms with Crippen molar-refractivity contribution < 1.29 is 25.9 Å². The Bertz CT molecular complexity index is 964. The van der Waals surface area contributed by atoms with E-state index in [-0.39, 0.29) is 16.5 Å². The van der Waals surface area contributed by atoms with E-state index in [1.807, 2.05) is 0 Å². The lowest BCUT2D eigenvalue weighted by Gasteiger charge is -2.13. The van der Waals surface area contributed by atoms with Gasteiger partial charge in [0.05, 0.1) is 16.0 Å². The van der Waals surface area contributed by atoms with Gasteiger partial charge in [-0.2, -0.15) is 5.10 Å². The Morgan fingerprint density at radius 3 is 2.43 bits per heavy atom. The van der Waals surface area contributed by atoms with Crippen molar-refractivity contribution in [2.24, 2.45) is 5.10 Å². The van der Waals surface area contributed by atoms with Crippen LogP contribution in [0, 0.1) is 0 Å². The van der Waals surface area contributed by atoms with Crippen molar-refractivity contribution in [1.82, 2.24) is 4.98 Å². The first-order valence-electron chi connectivity index (χ1n) is 5.63. The van der Waals surface area contributed by atoms with E-state index in [1.165, 1.54) is 5.38 Å². The second kappa shape index (κ2) is 6.21. The second-order valence-corrected chi connectivity index (χ2v) is 7.64. The molecule has 13 heteroatoms. The molecule has 2 rings (SSSR count). The average molecular weight is 376 g/mol. The fourth-order valence-corrected chi connectivity index (χ4v) is 3.19. The minimum Gasteiger partial charge on any atom is -0.744 e. The summed E-state index contributed by atoms with van der Waals surface area (Å²) in [6.45, 7) is 0. The average Bonchev–Trinajstić information content (AvgIpc) is 2.82. The maximum atomic E-state index is 11.2. The largest absolute Gasteiger partial charge is 0.744 e. The zero-order valence-electron chi connectivity index (χ0n) is 11.0. The van der Waals surface area contributed by atoms with E-state index >= 15 is 0 Å². The quantitative estimate of drug-likeness (QED) is 0.412. The topological polar surface area (TPSA) is 178 Å². The molecule has 0 atom stereocenters. The van der Waals surface area contributed by atoms with Gasteiger partial charge >= 0.3 is 0 Å². The van der Waals surface area contributed by atoms with Gasteiger partial charge in [0.25, 0.3) is 0 Å². The molecule has 0 unspecified atom stereocenters. The number of anilines is 2. The molecule has 0 amide bonds. The molecule has 23 heavy (non-hydrogen) atoms. The number of hydrazone groups is 1. The lowest BCUT2D eigenvalue weighted by atomic mass is 10.2. The number of hydrogen-bond donors (Lipinski definition) is 2. The summed E-state index contributed by atoms with van der Waals surface area (Å²) < 4.78 is 66.4. The molecular formula is C10H8N4O6S3-2. The van der Waals surface area contributed by atoms with Crippen molar-refractivity contribution in [1.29, 1.82) is 0 Å². The van der Waals surface area contributed by atoms with Crippen LogP contribution in [0.3, 0.4) is 0 Å². The van der Waals surface area contributed by atoms with Gasteiger partial charge < -0.3 is 14.8 Å². The molecular weight excluding hydrogens is 368 g/mol. The Morgan fingerprint density at radius 1 is 1.22 bits per heavy atom. The third-order valence-electron chi connectivity index (χ3n) is 2.43. The van der Waals surface area contributed by atoms with Crippen molar-refractivity contribution in [2.75, 3.05) is 11.2 Å². The lowest BCUT2D eigenvalue weighted by molar-refractivity contribution is 0.458. The molecule has 124 valence electrons. The van der Waals surface area contributed by atoms with Gasteiger partial charge in [-0.25, -0.2) is 21.8 Å². The number of nitrogen functional groups attached to an aromatic ring is 1. The molecule has 1 heterocycles. The van der Waals surface area contributed by atoms with Crippen molar-refractivity contribution >= 4 is 48.7 Å². The van der Waals surface area contributed by atoms with E-state index in [0.717, 1.165) is 35.8 Å². The van der Waals surface area contributed by atoms with Gasteiger partial charge in [0.2, 0.25) is 5.13 Å². The van der Waals surface area contributed by atoms with Crippen molar-refractivity contribution in [3.63, 3.8) is 0 Å². The molecule has 1 aromatic heterocycles. The molecule has 3 N–H and O–H groups in total. The lowest BCUT2D eigenvalue weighted by Crippen LogP contribution is -2.07. The van der Waals surface area contributed by atoms with E-state index in [0.29, 0.717) is 0 Å². The first kappa shape index (κ1) is 17.3. The van der Waals surface area contributed by atoms with Gasteiger partial charge in [-0.1, -0.05) is 0 Å². The van der Waals surface area contributed by atoms with E-state index < -0.39 is 30.0 Å². The summed E-state index contributed by atoms with van der Waals surface area (Å²) in [6, 6.07) is 2.21. The first-order valence-corrected chi connectivity index (χ1v) is 9.33. The van der Waals surface area contributed by atoms with Gasteiger partial charge in [-0.05, 0) is 18.2 Å². The van der Waals surface area contributed by atoms with Gasteiger partial charge in [0, 0.05) is 10.9 Å². The highest BCUT2D eigenvalue weighted by Crippen LogP contribution is 2.20. The summed E-state index contributed by atoms with van der Waals surface area (Å²) in [4.78, 5) is 2.41. The summed E-state index contributed by atoms with van der Waals surface area (Å²) in [6.07, 6.45) is 0.886. The minimum atomic E-state index is -4.89. The molecule has 0 saturated carbocycles. The van der Waals surface area contributed by atoms with Crippen molar-refractivity contribution in [3.05, 3.63) is 29.1 Å². The first-order chi connectivity index (χ1) is 10.6. The maximum Gasteiger partial charge on any atom is 0.205 e. The van der Waals surface area contributed by atoms with Gasteiger partial charge in [-0.3, -0.25) is 5.43 Å². The Labute approximate surface area is 135 Å².